The largest absolute Gasteiger partial charge is 0.635 e. The van der Waals surface area contributed by atoms with Gasteiger partial charge >= 0.3 is 7.32 Å². The Balaban J connectivity index is 2.12. The summed E-state index contributed by atoms with van der Waals surface area (Å²) in [6.07, 6.45) is 2.31. The average Bonchev–Trinajstić information content (AvgIpc) is 2.62. The summed E-state index contributed by atoms with van der Waals surface area (Å²) < 4.78 is 4.99. The molecular formula is C17H21BCl2N2O5. The molecule has 1 fully saturated rings. The third kappa shape index (κ3) is 6.22. The van der Waals surface area contributed by atoms with E-state index in [1.165, 1.54) is 11.0 Å². The molecule has 10 heteroatoms. The van der Waals surface area contributed by atoms with Crippen LogP contribution >= 0.6 is 23.2 Å². The van der Waals surface area contributed by atoms with E-state index in [-0.39, 0.29) is 12.3 Å². The van der Waals surface area contributed by atoms with Gasteiger partial charge in [0.25, 0.3) is 0 Å². The van der Waals surface area contributed by atoms with Crippen molar-refractivity contribution >= 4 is 42.3 Å². The quantitative estimate of drug-likeness (QED) is 0.357. The molecule has 0 radical (unpaired) electrons. The van der Waals surface area contributed by atoms with E-state index in [0.29, 0.717) is 28.6 Å². The van der Waals surface area contributed by atoms with Crippen molar-refractivity contribution in [3.8, 4) is 0 Å². The monoisotopic (exact) mass is 414 g/mol. The Morgan fingerprint density at radius 3 is 2.78 bits per heavy atom. The van der Waals surface area contributed by atoms with Crippen molar-refractivity contribution in [1.29, 1.82) is 0 Å². The highest BCUT2D eigenvalue weighted by atomic mass is 35.5. The maximum atomic E-state index is 12.7. The van der Waals surface area contributed by atoms with Gasteiger partial charge in [0.1, 0.15) is 12.3 Å². The number of rotatable bonds is 7. The molecule has 0 aromatic heterocycles. The Morgan fingerprint density at radius 2 is 2.15 bits per heavy atom. The first-order valence-electron chi connectivity index (χ1n) is 8.50. The predicted octanol–water partition coefficient (Wildman–Crippen LogP) is 1.53. The van der Waals surface area contributed by atoms with Gasteiger partial charge in [-0.2, -0.15) is 0 Å². The molecule has 7 nitrogen and oxygen atoms in total. The highest BCUT2D eigenvalue weighted by Gasteiger charge is 2.33. The van der Waals surface area contributed by atoms with Gasteiger partial charge in [0.15, 0.2) is 0 Å². The summed E-state index contributed by atoms with van der Waals surface area (Å²) in [5.74, 6) is -0.768. The standard InChI is InChI=1S/C17H21BCl2N2O5/c1-2-16(23)22-8-4-3-5-14(22)17(24)21-15(27-18(25)26)9-11-6-7-12(19)10-13(11)20/h2,6-7,10,14-15,25-26H,1,3-5,8-9H2,(H,21,24)/t14-,15-/m1/s1. The van der Waals surface area contributed by atoms with E-state index in [2.05, 4.69) is 11.9 Å². The minimum Gasteiger partial charge on any atom is -0.402 e. The molecule has 2 atom stereocenters. The first kappa shape index (κ1) is 21.7. The molecule has 3 N–H and O–H groups in total. The fourth-order valence-electron chi connectivity index (χ4n) is 3.01. The van der Waals surface area contributed by atoms with Gasteiger partial charge in [-0.15, -0.1) is 0 Å². The summed E-state index contributed by atoms with van der Waals surface area (Å²) in [6.45, 7) is 3.92. The van der Waals surface area contributed by atoms with Crippen molar-refractivity contribution in [2.24, 2.45) is 0 Å². The molecule has 0 spiro atoms. The van der Waals surface area contributed by atoms with Gasteiger partial charge in [-0.05, 0) is 43.0 Å². The number of carbonyl (C=O) groups is 2. The van der Waals surface area contributed by atoms with E-state index < -0.39 is 25.5 Å². The highest BCUT2D eigenvalue weighted by Crippen LogP contribution is 2.23. The lowest BCUT2D eigenvalue weighted by molar-refractivity contribution is -0.140. The smallest absolute Gasteiger partial charge is 0.402 e. The number of piperidine rings is 1. The number of likely N-dealkylation sites (tertiary alicyclic amines) is 1. The van der Waals surface area contributed by atoms with Crippen LogP contribution in [-0.2, 0) is 20.7 Å². The zero-order chi connectivity index (χ0) is 20.0. The van der Waals surface area contributed by atoms with Crippen LogP contribution in [0.1, 0.15) is 24.8 Å². The summed E-state index contributed by atoms with van der Waals surface area (Å²) in [6, 6.07) is 4.15. The SMILES string of the molecule is C=CC(=O)N1CCCC[C@@H]1C(=O)N[C@@H](Cc1ccc(Cl)cc1Cl)OB(O)O. The van der Waals surface area contributed by atoms with Gasteiger partial charge in [0, 0.05) is 23.0 Å². The number of halogens is 2. The van der Waals surface area contributed by atoms with Crippen LogP contribution < -0.4 is 5.32 Å². The lowest BCUT2D eigenvalue weighted by atomic mass is 10.0. The Hall–Kier alpha value is -1.58. The summed E-state index contributed by atoms with van der Waals surface area (Å²) in [4.78, 5) is 26.2. The first-order valence-corrected chi connectivity index (χ1v) is 9.26. The van der Waals surface area contributed by atoms with Gasteiger partial charge in [0.2, 0.25) is 11.8 Å². The number of nitrogens with zero attached hydrogens (tertiary/aromatic N) is 1. The maximum absolute atomic E-state index is 12.7. The first-order chi connectivity index (χ1) is 12.8. The minimum atomic E-state index is -2.08. The van der Waals surface area contributed by atoms with Crippen LogP contribution in [0.5, 0.6) is 0 Å². The zero-order valence-corrected chi connectivity index (χ0v) is 16.1. The molecule has 2 amide bonds. The number of amides is 2. The molecule has 0 unspecified atom stereocenters. The Morgan fingerprint density at radius 1 is 1.41 bits per heavy atom. The lowest BCUT2D eigenvalue weighted by Gasteiger charge is -2.35. The van der Waals surface area contributed by atoms with Gasteiger partial charge in [-0.25, -0.2) is 0 Å². The van der Waals surface area contributed by atoms with Gasteiger partial charge < -0.3 is 24.9 Å². The summed E-state index contributed by atoms with van der Waals surface area (Å²) in [7, 11) is -2.08. The van der Waals surface area contributed by atoms with E-state index >= 15 is 0 Å². The second kappa shape index (κ2) is 10.1. The molecule has 1 aromatic rings. The fraction of sp³-hybridized carbons (Fsp3) is 0.412. The summed E-state index contributed by atoms with van der Waals surface area (Å²) in [5.41, 5.74) is 0.606. The number of carbonyl (C=O) groups excluding carboxylic acids is 2. The molecule has 0 saturated carbocycles. The number of hydrogen-bond donors (Lipinski definition) is 3. The molecule has 1 aliphatic rings. The number of benzene rings is 1. The van der Waals surface area contributed by atoms with Crippen LogP contribution in [0.2, 0.25) is 10.0 Å². The van der Waals surface area contributed by atoms with Crippen molar-refractivity contribution in [3.05, 3.63) is 46.5 Å². The van der Waals surface area contributed by atoms with Crippen molar-refractivity contribution < 1.29 is 24.3 Å². The summed E-state index contributed by atoms with van der Waals surface area (Å²) in [5, 5.41) is 21.8. The van der Waals surface area contributed by atoms with E-state index in [0.717, 1.165) is 12.8 Å². The Kier molecular flexibility index (Phi) is 8.13. The average molecular weight is 415 g/mol. The number of hydrogen-bond acceptors (Lipinski definition) is 5. The molecule has 0 bridgehead atoms. The molecule has 0 aliphatic carbocycles. The van der Waals surface area contributed by atoms with Gasteiger partial charge in [-0.1, -0.05) is 35.8 Å². The lowest BCUT2D eigenvalue weighted by Crippen LogP contribution is -2.54. The van der Waals surface area contributed by atoms with Crippen LogP contribution in [0.15, 0.2) is 30.9 Å². The topological polar surface area (TPSA) is 99.1 Å². The van der Waals surface area contributed by atoms with E-state index in [4.69, 9.17) is 37.9 Å². The van der Waals surface area contributed by atoms with Crippen molar-refractivity contribution in [3.63, 3.8) is 0 Å². The molecule has 1 aliphatic heterocycles. The van der Waals surface area contributed by atoms with Gasteiger partial charge in [0.05, 0.1) is 0 Å². The van der Waals surface area contributed by atoms with Crippen molar-refractivity contribution in [2.75, 3.05) is 6.54 Å². The number of nitrogens with one attached hydrogen (secondary N) is 1. The normalized spacial score (nSPS) is 17.9. The van der Waals surface area contributed by atoms with Gasteiger partial charge in [-0.3, -0.25) is 9.59 Å². The maximum Gasteiger partial charge on any atom is 0.635 e. The Bertz CT molecular complexity index is 704. The molecule has 1 heterocycles. The zero-order valence-electron chi connectivity index (χ0n) is 14.6. The predicted molar refractivity (Wildman–Crippen MR) is 103 cm³/mol. The molecule has 27 heavy (non-hydrogen) atoms. The second-order valence-electron chi connectivity index (χ2n) is 6.15. The van der Waals surface area contributed by atoms with Crippen LogP contribution in [0.4, 0.5) is 0 Å². The minimum absolute atomic E-state index is 0.0848. The van der Waals surface area contributed by atoms with Crippen LogP contribution in [-0.4, -0.2) is 52.9 Å². The summed E-state index contributed by atoms with van der Waals surface area (Å²) >= 11 is 12.0. The Labute approximate surface area is 168 Å². The molecular weight excluding hydrogens is 394 g/mol. The van der Waals surface area contributed by atoms with Crippen LogP contribution in [0, 0.1) is 0 Å². The fourth-order valence-corrected chi connectivity index (χ4v) is 3.49. The van der Waals surface area contributed by atoms with E-state index in [9.17, 15) is 9.59 Å². The van der Waals surface area contributed by atoms with Crippen LogP contribution in [0.25, 0.3) is 0 Å². The third-order valence-corrected chi connectivity index (χ3v) is 4.86. The second-order valence-corrected chi connectivity index (χ2v) is 6.99. The molecule has 1 aromatic carbocycles. The molecule has 146 valence electrons. The van der Waals surface area contributed by atoms with E-state index in [1.807, 2.05) is 0 Å². The highest BCUT2D eigenvalue weighted by molar-refractivity contribution is 6.35. The molecule has 2 rings (SSSR count). The van der Waals surface area contributed by atoms with Crippen LogP contribution in [0.3, 0.4) is 0 Å². The van der Waals surface area contributed by atoms with E-state index in [1.54, 1.807) is 18.2 Å². The molecule has 1 saturated heterocycles. The van der Waals surface area contributed by atoms with Crippen molar-refractivity contribution in [2.45, 2.75) is 38.0 Å². The van der Waals surface area contributed by atoms with Crippen molar-refractivity contribution in [1.82, 2.24) is 10.2 Å². The third-order valence-electron chi connectivity index (χ3n) is 4.27.